The van der Waals surface area contributed by atoms with Gasteiger partial charge >= 0.3 is 6.09 Å². The molecule has 1 atom stereocenters. The van der Waals surface area contributed by atoms with Crippen molar-refractivity contribution in [1.82, 2.24) is 5.16 Å². The van der Waals surface area contributed by atoms with Crippen molar-refractivity contribution < 1.29 is 23.2 Å². The largest absolute Gasteiger partial charge is 0.471 e. The number of hydrogen-bond donors (Lipinski definition) is 0. The van der Waals surface area contributed by atoms with Crippen molar-refractivity contribution in [3.05, 3.63) is 40.8 Å². The van der Waals surface area contributed by atoms with Crippen molar-refractivity contribution in [2.24, 2.45) is 0 Å². The van der Waals surface area contributed by atoms with E-state index in [-0.39, 0.29) is 13.2 Å². The summed E-state index contributed by atoms with van der Waals surface area (Å²) in [5.41, 5.74) is 0.435. The molecule has 21 heavy (non-hydrogen) atoms. The molecule has 1 aliphatic rings. The van der Waals surface area contributed by atoms with Crippen molar-refractivity contribution in [1.29, 1.82) is 0 Å². The topological polar surface area (TPSA) is 64.8 Å². The highest BCUT2D eigenvalue weighted by Crippen LogP contribution is 2.26. The fourth-order valence-electron chi connectivity index (χ4n) is 1.93. The lowest BCUT2D eigenvalue weighted by atomic mass is 10.2. The van der Waals surface area contributed by atoms with Gasteiger partial charge in [-0.15, -0.1) is 0 Å². The van der Waals surface area contributed by atoms with Crippen LogP contribution in [0.3, 0.4) is 0 Å². The van der Waals surface area contributed by atoms with E-state index >= 15 is 0 Å². The molecule has 0 bridgehead atoms. The number of benzene rings is 1. The Morgan fingerprint density at radius 1 is 1.48 bits per heavy atom. The van der Waals surface area contributed by atoms with E-state index in [9.17, 15) is 9.18 Å². The first-order chi connectivity index (χ1) is 10.1. The molecule has 1 aromatic heterocycles. The number of aromatic nitrogens is 1. The lowest BCUT2D eigenvalue weighted by molar-refractivity contribution is 0.102. The summed E-state index contributed by atoms with van der Waals surface area (Å²) in [7, 11) is 0. The predicted octanol–water partition coefficient (Wildman–Crippen LogP) is 2.98. The van der Waals surface area contributed by atoms with Crippen LogP contribution in [0.1, 0.15) is 0 Å². The van der Waals surface area contributed by atoms with Crippen molar-refractivity contribution in [2.75, 3.05) is 18.1 Å². The third kappa shape index (κ3) is 2.99. The number of carbonyl (C=O) groups is 1. The lowest BCUT2D eigenvalue weighted by Gasteiger charge is -2.13. The van der Waals surface area contributed by atoms with E-state index in [0.717, 1.165) is 0 Å². The molecule has 2 aromatic rings. The molecular formula is C13H10BrFN2O4. The van der Waals surface area contributed by atoms with Gasteiger partial charge in [-0.3, -0.25) is 4.90 Å². The Balaban J connectivity index is 1.65. The van der Waals surface area contributed by atoms with Gasteiger partial charge in [0.05, 0.1) is 16.7 Å². The summed E-state index contributed by atoms with van der Waals surface area (Å²) in [6.07, 6.45) is 0.388. The van der Waals surface area contributed by atoms with Gasteiger partial charge in [-0.25, -0.2) is 9.18 Å². The second-order valence-corrected chi connectivity index (χ2v) is 5.22. The van der Waals surface area contributed by atoms with Crippen LogP contribution in [-0.2, 0) is 4.74 Å². The Kier molecular flexibility index (Phi) is 3.78. The maximum Gasteiger partial charge on any atom is 0.414 e. The average molecular weight is 357 g/mol. The lowest BCUT2D eigenvalue weighted by Crippen LogP contribution is -2.26. The molecule has 0 saturated carbocycles. The number of halogens is 2. The molecule has 1 aromatic carbocycles. The maximum absolute atomic E-state index is 13.5. The first-order valence-corrected chi connectivity index (χ1v) is 6.89. The van der Waals surface area contributed by atoms with Crippen molar-refractivity contribution >= 4 is 27.7 Å². The van der Waals surface area contributed by atoms with Gasteiger partial charge in [0.15, 0.2) is 6.10 Å². The third-order valence-corrected chi connectivity index (χ3v) is 3.56. The summed E-state index contributed by atoms with van der Waals surface area (Å²) in [4.78, 5) is 13.2. The van der Waals surface area contributed by atoms with E-state index in [1.54, 1.807) is 12.1 Å². The monoisotopic (exact) mass is 356 g/mol. The minimum absolute atomic E-state index is 0.147. The van der Waals surface area contributed by atoms with Crippen LogP contribution in [0.15, 0.2) is 39.5 Å². The number of ether oxygens (including phenoxy) is 2. The highest BCUT2D eigenvalue weighted by molar-refractivity contribution is 9.10. The van der Waals surface area contributed by atoms with Crippen molar-refractivity contribution in [3.63, 3.8) is 0 Å². The second kappa shape index (κ2) is 5.72. The van der Waals surface area contributed by atoms with Crippen LogP contribution in [0, 0.1) is 5.82 Å². The molecule has 1 fully saturated rings. The van der Waals surface area contributed by atoms with Gasteiger partial charge in [0.2, 0.25) is 0 Å². The summed E-state index contributed by atoms with van der Waals surface area (Å²) in [5, 5.41) is 3.59. The summed E-state index contributed by atoms with van der Waals surface area (Å²) in [5.74, 6) is -0.123. The van der Waals surface area contributed by atoms with Crippen molar-refractivity contribution in [2.45, 2.75) is 6.10 Å². The van der Waals surface area contributed by atoms with Crippen LogP contribution in [0.2, 0.25) is 0 Å². The zero-order valence-corrected chi connectivity index (χ0v) is 12.2. The van der Waals surface area contributed by atoms with Gasteiger partial charge in [0.25, 0.3) is 5.88 Å². The fraction of sp³-hybridized carbons (Fsp3) is 0.231. The smallest absolute Gasteiger partial charge is 0.414 e. The van der Waals surface area contributed by atoms with E-state index in [2.05, 4.69) is 25.6 Å². The molecule has 0 radical (unpaired) electrons. The minimum atomic E-state index is -0.537. The standard InChI is InChI=1S/C13H10BrFN2O4/c14-10-2-1-8(5-11(10)15)17-6-9(21-13(17)18)7-19-12-3-4-20-16-12/h1-5,9H,6-7H2. The van der Waals surface area contributed by atoms with E-state index in [0.29, 0.717) is 16.0 Å². The summed E-state index contributed by atoms with van der Waals surface area (Å²) >= 11 is 3.07. The zero-order chi connectivity index (χ0) is 14.8. The molecule has 110 valence electrons. The molecule has 0 N–H and O–H groups in total. The van der Waals surface area contributed by atoms with Crippen LogP contribution in [0.4, 0.5) is 14.9 Å². The number of nitrogens with zero attached hydrogens (tertiary/aromatic N) is 2. The van der Waals surface area contributed by atoms with Crippen LogP contribution >= 0.6 is 15.9 Å². The fourth-order valence-corrected chi connectivity index (χ4v) is 2.17. The number of anilines is 1. The van der Waals surface area contributed by atoms with Gasteiger partial charge in [0, 0.05) is 6.07 Å². The molecule has 6 nitrogen and oxygen atoms in total. The highest BCUT2D eigenvalue weighted by Gasteiger charge is 2.33. The highest BCUT2D eigenvalue weighted by atomic mass is 79.9. The molecule has 1 saturated heterocycles. The van der Waals surface area contributed by atoms with Gasteiger partial charge in [-0.1, -0.05) is 0 Å². The zero-order valence-electron chi connectivity index (χ0n) is 10.7. The normalized spacial score (nSPS) is 17.9. The molecule has 1 amide bonds. The molecule has 3 rings (SSSR count). The Hall–Kier alpha value is -2.09. The first-order valence-electron chi connectivity index (χ1n) is 6.10. The Morgan fingerprint density at radius 2 is 2.33 bits per heavy atom. The SMILES string of the molecule is O=C1OC(COc2ccon2)CN1c1ccc(Br)c(F)c1. The predicted molar refractivity (Wildman–Crippen MR) is 73.7 cm³/mol. The van der Waals surface area contributed by atoms with Crippen molar-refractivity contribution in [3.8, 4) is 5.88 Å². The molecule has 1 aliphatic heterocycles. The number of hydrogen-bond acceptors (Lipinski definition) is 5. The van der Waals surface area contributed by atoms with E-state index in [1.165, 1.54) is 23.3 Å². The third-order valence-electron chi connectivity index (χ3n) is 2.92. The number of rotatable bonds is 4. The van der Waals surface area contributed by atoms with E-state index < -0.39 is 18.0 Å². The number of carbonyl (C=O) groups excluding carboxylic acids is 1. The molecule has 0 spiro atoms. The van der Waals surface area contributed by atoms with Crippen LogP contribution in [-0.4, -0.2) is 30.5 Å². The van der Waals surface area contributed by atoms with E-state index in [1.807, 2.05) is 0 Å². The average Bonchev–Trinajstić information content (AvgIpc) is 3.09. The molecular weight excluding hydrogens is 347 g/mol. The number of amides is 1. The molecule has 8 heteroatoms. The van der Waals surface area contributed by atoms with Gasteiger partial charge in [-0.2, -0.15) is 0 Å². The minimum Gasteiger partial charge on any atom is -0.471 e. The second-order valence-electron chi connectivity index (χ2n) is 4.36. The van der Waals surface area contributed by atoms with Gasteiger partial charge in [0.1, 0.15) is 18.7 Å². The van der Waals surface area contributed by atoms with E-state index in [4.69, 9.17) is 9.47 Å². The summed E-state index contributed by atoms with van der Waals surface area (Å²) < 4.78 is 29.0. The first kappa shape index (κ1) is 13.9. The molecule has 2 heterocycles. The maximum atomic E-state index is 13.5. The number of cyclic esters (lactones) is 1. The quantitative estimate of drug-likeness (QED) is 0.842. The molecule has 0 aliphatic carbocycles. The summed E-state index contributed by atoms with van der Waals surface area (Å²) in [6, 6.07) is 6.00. The van der Waals surface area contributed by atoms with Crippen LogP contribution < -0.4 is 9.64 Å². The van der Waals surface area contributed by atoms with Crippen LogP contribution in [0.25, 0.3) is 0 Å². The van der Waals surface area contributed by atoms with Gasteiger partial charge < -0.3 is 14.0 Å². The molecule has 1 unspecified atom stereocenters. The Labute approximate surface area is 127 Å². The van der Waals surface area contributed by atoms with Crippen LogP contribution in [0.5, 0.6) is 5.88 Å². The summed E-state index contributed by atoms with van der Waals surface area (Å²) in [6.45, 7) is 0.422. The Morgan fingerprint density at radius 3 is 3.05 bits per heavy atom. The van der Waals surface area contributed by atoms with Gasteiger partial charge in [-0.05, 0) is 39.3 Å². The Bertz CT molecular complexity index is 650.